The summed E-state index contributed by atoms with van der Waals surface area (Å²) in [6.07, 6.45) is 1.63. The SMILES string of the molecule is O=C1CS/C(=N\N=Cc2ccc(OCc3ccc(Cl)cc3)cc2)N1. The second-order valence-electron chi connectivity index (χ2n) is 4.97. The monoisotopic (exact) mass is 359 g/mol. The van der Waals surface area contributed by atoms with Crippen molar-refractivity contribution in [3.63, 3.8) is 0 Å². The van der Waals surface area contributed by atoms with E-state index in [2.05, 4.69) is 15.5 Å². The highest BCUT2D eigenvalue weighted by atomic mass is 35.5. The maximum Gasteiger partial charge on any atom is 0.236 e. The molecular weight excluding hydrogens is 346 g/mol. The van der Waals surface area contributed by atoms with Crippen LogP contribution in [0.1, 0.15) is 11.1 Å². The Labute approximate surface area is 148 Å². The first kappa shape index (κ1) is 16.5. The minimum Gasteiger partial charge on any atom is -0.489 e. The third-order valence-corrected chi connectivity index (χ3v) is 4.26. The van der Waals surface area contributed by atoms with Crippen molar-refractivity contribution in [1.29, 1.82) is 0 Å². The first-order valence-corrected chi connectivity index (χ1v) is 8.56. The second-order valence-corrected chi connectivity index (χ2v) is 6.37. The average molecular weight is 360 g/mol. The van der Waals surface area contributed by atoms with E-state index < -0.39 is 0 Å². The van der Waals surface area contributed by atoms with E-state index in [1.165, 1.54) is 11.8 Å². The fourth-order valence-electron chi connectivity index (χ4n) is 1.92. The summed E-state index contributed by atoms with van der Waals surface area (Å²) in [4.78, 5) is 11.0. The maximum atomic E-state index is 11.0. The fraction of sp³-hybridized carbons (Fsp3) is 0.118. The van der Waals surface area contributed by atoms with E-state index in [0.29, 0.717) is 22.6 Å². The van der Waals surface area contributed by atoms with Crippen molar-refractivity contribution >= 4 is 40.7 Å². The molecule has 0 aliphatic carbocycles. The Morgan fingerprint density at radius 1 is 1.17 bits per heavy atom. The molecule has 122 valence electrons. The second kappa shape index (κ2) is 7.99. The molecule has 1 N–H and O–H groups in total. The van der Waals surface area contributed by atoms with Gasteiger partial charge in [-0.2, -0.15) is 5.10 Å². The first-order chi connectivity index (χ1) is 11.7. The fourth-order valence-corrected chi connectivity index (χ4v) is 2.68. The summed E-state index contributed by atoms with van der Waals surface area (Å²) in [7, 11) is 0. The van der Waals surface area contributed by atoms with Gasteiger partial charge in [0.25, 0.3) is 0 Å². The zero-order valence-electron chi connectivity index (χ0n) is 12.6. The van der Waals surface area contributed by atoms with Crippen molar-refractivity contribution < 1.29 is 9.53 Å². The zero-order chi connectivity index (χ0) is 16.8. The topological polar surface area (TPSA) is 63.0 Å². The number of hydrogen-bond donors (Lipinski definition) is 1. The molecule has 0 unspecified atom stereocenters. The van der Waals surface area contributed by atoms with Crippen LogP contribution in [-0.2, 0) is 11.4 Å². The summed E-state index contributed by atoms with van der Waals surface area (Å²) in [5, 5.41) is 11.8. The first-order valence-electron chi connectivity index (χ1n) is 7.20. The molecule has 24 heavy (non-hydrogen) atoms. The maximum absolute atomic E-state index is 11.0. The molecule has 0 radical (unpaired) electrons. The Bertz CT molecular complexity index is 773. The predicted molar refractivity (Wildman–Crippen MR) is 97.9 cm³/mol. The van der Waals surface area contributed by atoms with E-state index in [-0.39, 0.29) is 5.91 Å². The Hall–Kier alpha value is -2.31. The Kier molecular flexibility index (Phi) is 5.51. The highest BCUT2D eigenvalue weighted by Gasteiger charge is 2.15. The van der Waals surface area contributed by atoms with Gasteiger partial charge in [-0.1, -0.05) is 35.5 Å². The molecule has 2 aromatic rings. The van der Waals surface area contributed by atoms with Crippen molar-refractivity contribution in [2.45, 2.75) is 6.61 Å². The van der Waals surface area contributed by atoms with Crippen LogP contribution >= 0.6 is 23.4 Å². The summed E-state index contributed by atoms with van der Waals surface area (Å²) in [6, 6.07) is 15.1. The summed E-state index contributed by atoms with van der Waals surface area (Å²) < 4.78 is 5.72. The number of nitrogens with zero attached hydrogens (tertiary/aromatic N) is 2. The molecule has 0 atom stereocenters. The number of carbonyl (C=O) groups is 1. The molecule has 3 rings (SSSR count). The summed E-state index contributed by atoms with van der Waals surface area (Å²) in [6.45, 7) is 0.481. The van der Waals surface area contributed by atoms with Gasteiger partial charge in [0.15, 0.2) is 5.17 Å². The molecule has 2 aromatic carbocycles. The normalized spacial score (nSPS) is 15.9. The van der Waals surface area contributed by atoms with Gasteiger partial charge in [-0.05, 0) is 47.5 Å². The lowest BCUT2D eigenvalue weighted by Gasteiger charge is -2.06. The molecule has 1 heterocycles. The van der Waals surface area contributed by atoms with Crippen LogP contribution in [0, 0.1) is 0 Å². The molecule has 0 spiro atoms. The third-order valence-electron chi connectivity index (χ3n) is 3.14. The largest absolute Gasteiger partial charge is 0.489 e. The van der Waals surface area contributed by atoms with Gasteiger partial charge in [0.1, 0.15) is 12.4 Å². The molecule has 0 bridgehead atoms. The summed E-state index contributed by atoms with van der Waals surface area (Å²) >= 11 is 7.19. The number of ether oxygens (including phenoxy) is 1. The van der Waals surface area contributed by atoms with Crippen LogP contribution in [0.2, 0.25) is 5.02 Å². The van der Waals surface area contributed by atoms with Gasteiger partial charge in [0, 0.05) is 5.02 Å². The van der Waals surface area contributed by atoms with Gasteiger partial charge in [0.05, 0.1) is 12.0 Å². The Morgan fingerprint density at radius 3 is 2.58 bits per heavy atom. The van der Waals surface area contributed by atoms with Crippen LogP contribution in [0.5, 0.6) is 5.75 Å². The zero-order valence-corrected chi connectivity index (χ0v) is 14.2. The molecule has 0 saturated carbocycles. The minimum atomic E-state index is -0.0452. The molecule has 0 aromatic heterocycles. The van der Waals surface area contributed by atoms with Gasteiger partial charge < -0.3 is 10.1 Å². The summed E-state index contributed by atoms with van der Waals surface area (Å²) in [5.41, 5.74) is 1.95. The van der Waals surface area contributed by atoms with Crippen molar-refractivity contribution in [3.8, 4) is 5.75 Å². The van der Waals surface area contributed by atoms with E-state index in [1.807, 2.05) is 48.5 Å². The van der Waals surface area contributed by atoms with Crippen LogP contribution in [-0.4, -0.2) is 23.0 Å². The van der Waals surface area contributed by atoms with Crippen molar-refractivity contribution in [3.05, 3.63) is 64.7 Å². The van der Waals surface area contributed by atoms with E-state index >= 15 is 0 Å². The highest BCUT2D eigenvalue weighted by molar-refractivity contribution is 8.15. The van der Waals surface area contributed by atoms with Crippen molar-refractivity contribution in [2.75, 3.05) is 5.75 Å². The van der Waals surface area contributed by atoms with E-state index in [9.17, 15) is 4.79 Å². The van der Waals surface area contributed by atoms with Crippen LogP contribution in [0.15, 0.2) is 58.7 Å². The van der Waals surface area contributed by atoms with E-state index in [1.54, 1.807) is 6.21 Å². The number of hydrogen-bond acceptors (Lipinski definition) is 5. The molecule has 1 fully saturated rings. The number of nitrogens with one attached hydrogen (secondary N) is 1. The number of benzene rings is 2. The number of carbonyl (C=O) groups excluding carboxylic acids is 1. The van der Waals surface area contributed by atoms with E-state index in [0.717, 1.165) is 16.9 Å². The lowest BCUT2D eigenvalue weighted by atomic mass is 10.2. The van der Waals surface area contributed by atoms with Crippen LogP contribution in [0.3, 0.4) is 0 Å². The number of halogens is 1. The van der Waals surface area contributed by atoms with E-state index in [4.69, 9.17) is 16.3 Å². The van der Waals surface area contributed by atoms with Crippen LogP contribution in [0.4, 0.5) is 0 Å². The quantitative estimate of drug-likeness (QED) is 0.656. The molecule has 1 aliphatic heterocycles. The van der Waals surface area contributed by atoms with Crippen LogP contribution in [0.25, 0.3) is 0 Å². The number of thioether (sulfide) groups is 1. The van der Waals surface area contributed by atoms with Gasteiger partial charge in [0.2, 0.25) is 5.91 Å². The lowest BCUT2D eigenvalue weighted by molar-refractivity contribution is -0.116. The van der Waals surface area contributed by atoms with Crippen LogP contribution < -0.4 is 10.1 Å². The lowest BCUT2D eigenvalue weighted by Crippen LogP contribution is -2.19. The summed E-state index contributed by atoms with van der Waals surface area (Å²) in [5.74, 6) is 1.12. The average Bonchev–Trinajstić information content (AvgIpc) is 3.01. The van der Waals surface area contributed by atoms with Crippen molar-refractivity contribution in [1.82, 2.24) is 5.32 Å². The Morgan fingerprint density at radius 2 is 1.92 bits per heavy atom. The van der Waals surface area contributed by atoms with Gasteiger partial charge in [-0.15, -0.1) is 5.10 Å². The van der Waals surface area contributed by atoms with Gasteiger partial charge in [-0.3, -0.25) is 4.79 Å². The molecule has 1 saturated heterocycles. The Balaban J connectivity index is 1.53. The smallest absolute Gasteiger partial charge is 0.236 e. The van der Waals surface area contributed by atoms with Crippen molar-refractivity contribution in [2.24, 2.45) is 10.2 Å². The standard InChI is InChI=1S/C17H14ClN3O2S/c18-14-5-1-13(2-6-14)10-23-15-7-3-12(4-8-15)9-19-21-17-20-16(22)11-24-17/h1-9H,10-11H2,(H,20,21,22). The number of amides is 1. The minimum absolute atomic E-state index is 0.0452. The highest BCUT2D eigenvalue weighted by Crippen LogP contribution is 2.15. The van der Waals surface area contributed by atoms with Gasteiger partial charge >= 0.3 is 0 Å². The molecular formula is C17H14ClN3O2S. The molecule has 1 aliphatic rings. The number of rotatable bonds is 5. The third kappa shape index (κ3) is 4.84. The predicted octanol–water partition coefficient (Wildman–Crippen LogP) is 3.47. The molecule has 5 nitrogen and oxygen atoms in total. The molecule has 1 amide bonds. The number of amidine groups is 1. The van der Waals surface area contributed by atoms with Gasteiger partial charge in [-0.25, -0.2) is 0 Å². The molecule has 7 heteroatoms.